The molecule has 0 spiro atoms. The number of methoxy groups -OCH3 is 3. The molecule has 0 aliphatic carbocycles. The molecule has 3 aromatic carbocycles. The Morgan fingerprint density at radius 2 is 1.58 bits per heavy atom. The van der Waals surface area contributed by atoms with E-state index in [0.29, 0.717) is 17.1 Å². The Balaban J connectivity index is 1.91. The lowest BCUT2D eigenvalue weighted by molar-refractivity contribution is -0.140. The van der Waals surface area contributed by atoms with Crippen LogP contribution in [0.1, 0.15) is 28.3 Å². The molecule has 1 amide bonds. The molecule has 1 fully saturated rings. The van der Waals surface area contributed by atoms with E-state index in [2.05, 4.69) is 0 Å². The molecule has 1 N–H and O–H groups in total. The second-order valence-corrected chi connectivity index (χ2v) is 8.47. The van der Waals surface area contributed by atoms with E-state index < -0.39 is 35.2 Å². The average molecular weight is 527 g/mol. The van der Waals surface area contributed by atoms with Crippen molar-refractivity contribution in [2.75, 3.05) is 21.3 Å². The molecular formula is C28H24F3NO6. The highest BCUT2D eigenvalue weighted by atomic mass is 19.4. The van der Waals surface area contributed by atoms with E-state index in [-0.39, 0.29) is 29.0 Å². The maximum absolute atomic E-state index is 13.3. The minimum Gasteiger partial charge on any atom is -0.507 e. The Morgan fingerprint density at radius 1 is 0.895 bits per heavy atom. The molecule has 3 aromatic rings. The van der Waals surface area contributed by atoms with E-state index in [1.807, 2.05) is 0 Å². The Hall–Kier alpha value is -4.47. The standard InChI is InChI=1S/C28H24F3NO6/c1-36-19-9-5-7-17(13-19)24-23(25(33)21-14-20(37-2)10-11-22(21)38-3)26(34)27(35)32(24)15-16-6-4-8-18(12-16)28(29,30)31/h4-14,24,33H,15H2,1-3H3/b25-23+. The molecule has 0 radical (unpaired) electrons. The summed E-state index contributed by atoms with van der Waals surface area (Å²) < 4.78 is 55.8. The summed E-state index contributed by atoms with van der Waals surface area (Å²) in [5.74, 6) is -1.48. The number of amides is 1. The topological polar surface area (TPSA) is 85.3 Å². The van der Waals surface area contributed by atoms with Crippen molar-refractivity contribution in [2.24, 2.45) is 0 Å². The SMILES string of the molecule is COc1cccc(C2/C(=C(\O)c3cc(OC)ccc3OC)C(=O)C(=O)N2Cc2cccc(C(F)(F)F)c2)c1. The van der Waals surface area contributed by atoms with E-state index in [1.165, 1.54) is 45.6 Å². The normalized spacial score (nSPS) is 17.0. The maximum Gasteiger partial charge on any atom is 0.416 e. The number of halogens is 3. The molecule has 7 nitrogen and oxygen atoms in total. The first-order chi connectivity index (χ1) is 18.1. The lowest BCUT2D eigenvalue weighted by Crippen LogP contribution is -2.29. The van der Waals surface area contributed by atoms with Crippen molar-refractivity contribution >= 4 is 17.4 Å². The van der Waals surface area contributed by atoms with Gasteiger partial charge in [0.15, 0.2) is 0 Å². The first kappa shape index (κ1) is 26.6. The summed E-state index contributed by atoms with van der Waals surface area (Å²) in [4.78, 5) is 27.8. The molecule has 1 aliphatic heterocycles. The number of likely N-dealkylation sites (tertiary alicyclic amines) is 1. The van der Waals surface area contributed by atoms with E-state index >= 15 is 0 Å². The molecule has 1 atom stereocenters. The maximum atomic E-state index is 13.3. The zero-order valence-electron chi connectivity index (χ0n) is 20.7. The first-order valence-electron chi connectivity index (χ1n) is 11.4. The minimum absolute atomic E-state index is 0.108. The molecule has 198 valence electrons. The van der Waals surface area contributed by atoms with Gasteiger partial charge in [-0.3, -0.25) is 9.59 Å². The predicted octanol–water partition coefficient (Wildman–Crippen LogP) is 5.35. The van der Waals surface area contributed by atoms with E-state index in [4.69, 9.17) is 14.2 Å². The molecule has 4 rings (SSSR count). The van der Waals surface area contributed by atoms with Gasteiger partial charge in [-0.2, -0.15) is 13.2 Å². The number of nitrogens with zero attached hydrogens (tertiary/aromatic N) is 1. The number of hydrogen-bond donors (Lipinski definition) is 1. The molecule has 1 saturated heterocycles. The van der Waals surface area contributed by atoms with E-state index in [1.54, 1.807) is 30.3 Å². The van der Waals surface area contributed by atoms with Gasteiger partial charge in [0.2, 0.25) is 0 Å². The van der Waals surface area contributed by atoms with Gasteiger partial charge in [-0.25, -0.2) is 0 Å². The van der Waals surface area contributed by atoms with Gasteiger partial charge in [0.25, 0.3) is 11.7 Å². The largest absolute Gasteiger partial charge is 0.507 e. The van der Waals surface area contributed by atoms with Crippen LogP contribution in [0.25, 0.3) is 5.76 Å². The van der Waals surface area contributed by atoms with Gasteiger partial charge in [0.1, 0.15) is 23.0 Å². The molecule has 38 heavy (non-hydrogen) atoms. The van der Waals surface area contributed by atoms with Crippen molar-refractivity contribution in [2.45, 2.75) is 18.8 Å². The highest BCUT2D eigenvalue weighted by molar-refractivity contribution is 6.46. The van der Waals surface area contributed by atoms with Crippen molar-refractivity contribution in [3.8, 4) is 17.2 Å². The molecule has 0 saturated carbocycles. The molecule has 0 bridgehead atoms. The highest BCUT2D eigenvalue weighted by Crippen LogP contribution is 2.43. The van der Waals surface area contributed by atoms with Crippen LogP contribution in [0.4, 0.5) is 13.2 Å². The highest BCUT2D eigenvalue weighted by Gasteiger charge is 2.46. The van der Waals surface area contributed by atoms with Crippen LogP contribution in [0.3, 0.4) is 0 Å². The third-order valence-corrected chi connectivity index (χ3v) is 6.22. The van der Waals surface area contributed by atoms with Crippen molar-refractivity contribution in [1.29, 1.82) is 0 Å². The zero-order chi connectivity index (χ0) is 27.6. The smallest absolute Gasteiger partial charge is 0.416 e. The summed E-state index contributed by atoms with van der Waals surface area (Å²) in [5, 5.41) is 11.4. The van der Waals surface area contributed by atoms with Crippen LogP contribution in [0.2, 0.25) is 0 Å². The summed E-state index contributed by atoms with van der Waals surface area (Å²) in [6, 6.07) is 14.5. The number of benzene rings is 3. The quantitative estimate of drug-likeness (QED) is 0.253. The summed E-state index contributed by atoms with van der Waals surface area (Å²) in [5.41, 5.74) is -0.447. The summed E-state index contributed by atoms with van der Waals surface area (Å²) in [7, 11) is 4.25. The van der Waals surface area contributed by atoms with Crippen molar-refractivity contribution in [3.05, 3.63) is 94.6 Å². The number of ether oxygens (including phenoxy) is 3. The van der Waals surface area contributed by atoms with Gasteiger partial charge in [-0.15, -0.1) is 0 Å². The second kappa shape index (κ2) is 10.5. The fraction of sp³-hybridized carbons (Fsp3) is 0.214. The van der Waals surface area contributed by atoms with Crippen LogP contribution in [0.5, 0.6) is 17.2 Å². The van der Waals surface area contributed by atoms with Crippen LogP contribution in [0.15, 0.2) is 72.3 Å². The fourth-order valence-corrected chi connectivity index (χ4v) is 4.39. The number of alkyl halides is 3. The molecule has 1 heterocycles. The van der Waals surface area contributed by atoms with Crippen LogP contribution in [0, 0.1) is 0 Å². The summed E-state index contributed by atoms with van der Waals surface area (Å²) in [6.07, 6.45) is -4.58. The Morgan fingerprint density at radius 3 is 2.24 bits per heavy atom. The van der Waals surface area contributed by atoms with Crippen molar-refractivity contribution < 1.29 is 42.1 Å². The minimum atomic E-state index is -4.58. The number of rotatable bonds is 7. The van der Waals surface area contributed by atoms with Gasteiger partial charge in [0.05, 0.1) is 44.1 Å². The summed E-state index contributed by atoms with van der Waals surface area (Å²) in [6.45, 7) is -0.317. The van der Waals surface area contributed by atoms with Crippen molar-refractivity contribution in [1.82, 2.24) is 4.90 Å². The van der Waals surface area contributed by atoms with Gasteiger partial charge < -0.3 is 24.2 Å². The number of carbonyl (C=O) groups is 2. The average Bonchev–Trinajstić information content (AvgIpc) is 3.16. The van der Waals surface area contributed by atoms with Crippen LogP contribution >= 0.6 is 0 Å². The number of carbonyl (C=O) groups excluding carboxylic acids is 2. The third kappa shape index (κ3) is 5.02. The molecular weight excluding hydrogens is 503 g/mol. The van der Waals surface area contributed by atoms with Crippen LogP contribution in [-0.2, 0) is 22.3 Å². The number of aliphatic hydroxyl groups excluding tert-OH is 1. The van der Waals surface area contributed by atoms with Gasteiger partial charge in [-0.05, 0) is 53.6 Å². The van der Waals surface area contributed by atoms with Crippen LogP contribution < -0.4 is 14.2 Å². The molecule has 0 aromatic heterocycles. The lowest BCUT2D eigenvalue weighted by atomic mass is 9.94. The first-order valence-corrected chi connectivity index (χ1v) is 11.4. The number of aliphatic hydroxyl groups is 1. The van der Waals surface area contributed by atoms with E-state index in [0.717, 1.165) is 17.0 Å². The van der Waals surface area contributed by atoms with Gasteiger partial charge >= 0.3 is 6.18 Å². The summed E-state index contributed by atoms with van der Waals surface area (Å²) >= 11 is 0. The lowest BCUT2D eigenvalue weighted by Gasteiger charge is -2.26. The zero-order valence-corrected chi connectivity index (χ0v) is 20.7. The van der Waals surface area contributed by atoms with Gasteiger partial charge in [0, 0.05) is 6.54 Å². The Bertz CT molecular complexity index is 1420. The predicted molar refractivity (Wildman–Crippen MR) is 132 cm³/mol. The second-order valence-electron chi connectivity index (χ2n) is 8.47. The molecule has 10 heteroatoms. The number of Topliss-reactive ketones (excluding diaryl/α,β-unsaturated/α-hetero) is 1. The third-order valence-electron chi connectivity index (χ3n) is 6.22. The fourth-order valence-electron chi connectivity index (χ4n) is 4.39. The van der Waals surface area contributed by atoms with Crippen molar-refractivity contribution in [3.63, 3.8) is 0 Å². The Labute approximate surface area is 216 Å². The Kier molecular flexibility index (Phi) is 7.34. The molecule has 1 unspecified atom stereocenters. The van der Waals surface area contributed by atoms with Crippen LogP contribution in [-0.4, -0.2) is 43.0 Å². The monoisotopic (exact) mass is 527 g/mol. The van der Waals surface area contributed by atoms with Gasteiger partial charge in [-0.1, -0.05) is 24.3 Å². The molecule has 1 aliphatic rings. The number of ketones is 1. The number of hydrogen-bond acceptors (Lipinski definition) is 6. The van der Waals surface area contributed by atoms with E-state index in [9.17, 15) is 27.9 Å².